The second-order valence-corrected chi connectivity index (χ2v) is 5.04. The van der Waals surface area contributed by atoms with Gasteiger partial charge in [0.1, 0.15) is 5.82 Å². The van der Waals surface area contributed by atoms with Crippen molar-refractivity contribution in [1.82, 2.24) is 15.3 Å². The minimum absolute atomic E-state index is 0.107. The maximum Gasteiger partial charge on any atom is 0.111 e. The van der Waals surface area contributed by atoms with Gasteiger partial charge in [0.15, 0.2) is 0 Å². The van der Waals surface area contributed by atoms with E-state index in [-0.39, 0.29) is 5.41 Å². The second-order valence-electron chi connectivity index (χ2n) is 5.04. The van der Waals surface area contributed by atoms with Gasteiger partial charge in [0.2, 0.25) is 0 Å². The Morgan fingerprint density at radius 3 is 2.50 bits per heavy atom. The minimum Gasteiger partial charge on any atom is -0.344 e. The smallest absolute Gasteiger partial charge is 0.111 e. The van der Waals surface area contributed by atoms with E-state index in [1.165, 1.54) is 0 Å². The van der Waals surface area contributed by atoms with Crippen LogP contribution in [0.4, 0.5) is 0 Å². The summed E-state index contributed by atoms with van der Waals surface area (Å²) in [6, 6.07) is 0.511. The Hall–Kier alpha value is -0.830. The molecule has 0 aromatic carbocycles. The molecule has 0 saturated heterocycles. The molecule has 0 spiro atoms. The molecule has 0 aliphatic carbocycles. The normalized spacial score (nSPS) is 12.4. The summed E-state index contributed by atoms with van der Waals surface area (Å²) in [5.41, 5.74) is 1.26. The van der Waals surface area contributed by atoms with Crippen LogP contribution < -0.4 is 5.32 Å². The lowest BCUT2D eigenvalue weighted by atomic mass is 9.96. The molecule has 3 nitrogen and oxygen atoms in total. The lowest BCUT2D eigenvalue weighted by Gasteiger charge is -2.14. The number of rotatable bonds is 3. The summed E-state index contributed by atoms with van der Waals surface area (Å²) in [6.45, 7) is 11.6. The SMILES string of the molecule is CC(C)NCc1cnc(C(C)(C)C)[nH]1. The molecule has 0 amide bonds. The fourth-order valence-corrected chi connectivity index (χ4v) is 1.14. The predicted octanol–water partition coefficient (Wildman–Crippen LogP) is 2.21. The molecule has 3 heteroatoms. The molecular weight excluding hydrogens is 174 g/mol. The van der Waals surface area contributed by atoms with Crippen molar-refractivity contribution in [3.8, 4) is 0 Å². The maximum absolute atomic E-state index is 4.37. The number of imidazole rings is 1. The van der Waals surface area contributed by atoms with Crippen molar-refractivity contribution in [2.45, 2.75) is 52.6 Å². The van der Waals surface area contributed by atoms with Crippen molar-refractivity contribution in [1.29, 1.82) is 0 Å². The first-order chi connectivity index (χ1) is 6.39. The van der Waals surface area contributed by atoms with E-state index in [2.05, 4.69) is 49.9 Å². The number of aromatic amines is 1. The quantitative estimate of drug-likeness (QED) is 0.776. The van der Waals surface area contributed by atoms with E-state index in [9.17, 15) is 0 Å². The standard InChI is InChI=1S/C11H21N3/c1-8(2)12-6-9-7-13-10(14-9)11(3,4)5/h7-8,12H,6H2,1-5H3,(H,13,14). The van der Waals surface area contributed by atoms with Crippen LogP contribution in [0.15, 0.2) is 6.20 Å². The zero-order valence-corrected chi connectivity index (χ0v) is 9.81. The zero-order valence-electron chi connectivity index (χ0n) is 9.81. The molecule has 0 aliphatic rings. The summed E-state index contributed by atoms with van der Waals surface area (Å²) in [4.78, 5) is 7.70. The van der Waals surface area contributed by atoms with E-state index in [0.717, 1.165) is 18.1 Å². The topological polar surface area (TPSA) is 40.7 Å². The molecule has 1 heterocycles. The fourth-order valence-electron chi connectivity index (χ4n) is 1.14. The largest absolute Gasteiger partial charge is 0.344 e. The second kappa shape index (κ2) is 4.13. The molecule has 0 saturated carbocycles. The average molecular weight is 195 g/mol. The molecule has 0 fully saturated rings. The highest BCUT2D eigenvalue weighted by Gasteiger charge is 2.17. The van der Waals surface area contributed by atoms with Gasteiger partial charge in [0.25, 0.3) is 0 Å². The molecule has 14 heavy (non-hydrogen) atoms. The highest BCUT2D eigenvalue weighted by molar-refractivity contribution is 5.08. The van der Waals surface area contributed by atoms with Crippen LogP contribution in [0.1, 0.15) is 46.1 Å². The summed E-state index contributed by atoms with van der Waals surface area (Å²) in [6.07, 6.45) is 1.91. The van der Waals surface area contributed by atoms with Crippen molar-refractivity contribution in [2.75, 3.05) is 0 Å². The summed E-state index contributed by atoms with van der Waals surface area (Å²) >= 11 is 0. The Labute approximate surface area is 86.3 Å². The molecule has 0 unspecified atom stereocenters. The first-order valence-corrected chi connectivity index (χ1v) is 5.17. The Morgan fingerprint density at radius 2 is 2.07 bits per heavy atom. The van der Waals surface area contributed by atoms with Gasteiger partial charge >= 0.3 is 0 Å². The number of nitrogens with zero attached hydrogens (tertiary/aromatic N) is 1. The Balaban J connectivity index is 2.60. The van der Waals surface area contributed by atoms with Crippen LogP contribution >= 0.6 is 0 Å². The van der Waals surface area contributed by atoms with Gasteiger partial charge in [-0.25, -0.2) is 4.98 Å². The molecular formula is C11H21N3. The van der Waals surface area contributed by atoms with E-state index >= 15 is 0 Å². The average Bonchev–Trinajstić information content (AvgIpc) is 2.47. The van der Waals surface area contributed by atoms with Gasteiger partial charge in [-0.15, -0.1) is 0 Å². The lowest BCUT2D eigenvalue weighted by Crippen LogP contribution is -2.22. The molecule has 0 aliphatic heterocycles. The first kappa shape index (κ1) is 11.2. The number of hydrogen-bond acceptors (Lipinski definition) is 2. The monoisotopic (exact) mass is 195 g/mol. The van der Waals surface area contributed by atoms with E-state index in [0.29, 0.717) is 6.04 Å². The third-order valence-electron chi connectivity index (χ3n) is 2.04. The van der Waals surface area contributed by atoms with Crippen LogP contribution in [-0.2, 0) is 12.0 Å². The third kappa shape index (κ3) is 3.14. The maximum atomic E-state index is 4.37. The summed E-state index contributed by atoms with van der Waals surface area (Å²) in [5, 5.41) is 3.36. The van der Waals surface area contributed by atoms with E-state index in [1.54, 1.807) is 0 Å². The van der Waals surface area contributed by atoms with Gasteiger partial charge in [-0.1, -0.05) is 34.6 Å². The summed E-state index contributed by atoms with van der Waals surface area (Å²) in [5.74, 6) is 1.05. The van der Waals surface area contributed by atoms with Gasteiger partial charge in [-0.2, -0.15) is 0 Å². The van der Waals surface area contributed by atoms with Crippen molar-refractivity contribution in [3.05, 3.63) is 17.7 Å². The van der Waals surface area contributed by atoms with Crippen LogP contribution in [0.2, 0.25) is 0 Å². The van der Waals surface area contributed by atoms with Crippen molar-refractivity contribution in [2.24, 2.45) is 0 Å². The molecule has 0 bridgehead atoms. The summed E-state index contributed by atoms with van der Waals surface area (Å²) in [7, 11) is 0. The van der Waals surface area contributed by atoms with Gasteiger partial charge in [0.05, 0.1) is 0 Å². The van der Waals surface area contributed by atoms with Crippen molar-refractivity contribution < 1.29 is 0 Å². The molecule has 1 rings (SSSR count). The van der Waals surface area contributed by atoms with Crippen LogP contribution in [0, 0.1) is 0 Å². The van der Waals surface area contributed by atoms with Crippen molar-refractivity contribution >= 4 is 0 Å². The van der Waals surface area contributed by atoms with Gasteiger partial charge in [-0.3, -0.25) is 0 Å². The lowest BCUT2D eigenvalue weighted by molar-refractivity contribution is 0.545. The fraction of sp³-hybridized carbons (Fsp3) is 0.727. The Morgan fingerprint density at radius 1 is 1.43 bits per heavy atom. The molecule has 1 aromatic rings. The number of H-pyrrole nitrogens is 1. The summed E-state index contributed by atoms with van der Waals surface area (Å²) < 4.78 is 0. The highest BCUT2D eigenvalue weighted by Crippen LogP contribution is 2.18. The van der Waals surface area contributed by atoms with Gasteiger partial charge < -0.3 is 10.3 Å². The van der Waals surface area contributed by atoms with E-state index in [4.69, 9.17) is 0 Å². The van der Waals surface area contributed by atoms with E-state index < -0.39 is 0 Å². The van der Waals surface area contributed by atoms with Crippen LogP contribution in [-0.4, -0.2) is 16.0 Å². The number of hydrogen-bond donors (Lipinski definition) is 2. The Kier molecular flexibility index (Phi) is 3.32. The number of aromatic nitrogens is 2. The molecule has 0 atom stereocenters. The van der Waals surface area contributed by atoms with E-state index in [1.807, 2.05) is 6.20 Å². The molecule has 80 valence electrons. The Bertz CT molecular complexity index is 281. The highest BCUT2D eigenvalue weighted by atomic mass is 15.0. The van der Waals surface area contributed by atoms with Crippen LogP contribution in [0.25, 0.3) is 0 Å². The zero-order chi connectivity index (χ0) is 10.8. The first-order valence-electron chi connectivity index (χ1n) is 5.17. The minimum atomic E-state index is 0.107. The number of nitrogens with one attached hydrogen (secondary N) is 2. The van der Waals surface area contributed by atoms with Crippen LogP contribution in [0.5, 0.6) is 0 Å². The molecule has 2 N–H and O–H groups in total. The van der Waals surface area contributed by atoms with Crippen molar-refractivity contribution in [3.63, 3.8) is 0 Å². The van der Waals surface area contributed by atoms with Gasteiger partial charge in [0, 0.05) is 29.9 Å². The predicted molar refractivity (Wildman–Crippen MR) is 59.3 cm³/mol. The third-order valence-corrected chi connectivity index (χ3v) is 2.04. The molecule has 0 radical (unpaired) electrons. The molecule has 1 aromatic heterocycles. The van der Waals surface area contributed by atoms with Crippen LogP contribution in [0.3, 0.4) is 0 Å². The van der Waals surface area contributed by atoms with Gasteiger partial charge in [-0.05, 0) is 0 Å².